The van der Waals surface area contributed by atoms with E-state index in [-0.39, 0.29) is 11.4 Å². The second kappa shape index (κ2) is 5.67. The van der Waals surface area contributed by atoms with Gasteiger partial charge in [-0.25, -0.2) is 4.39 Å². The van der Waals surface area contributed by atoms with Crippen LogP contribution in [0.15, 0.2) is 24.3 Å². The van der Waals surface area contributed by atoms with Crippen LogP contribution in [0.4, 0.5) is 10.1 Å². The molecule has 1 heterocycles. The largest absolute Gasteiger partial charge is 0.378 e. The van der Waals surface area contributed by atoms with Crippen LogP contribution in [0.25, 0.3) is 0 Å². The molecule has 1 aromatic carbocycles. The van der Waals surface area contributed by atoms with Gasteiger partial charge in [0, 0.05) is 18.8 Å². The maximum atomic E-state index is 13.2. The zero-order chi connectivity index (χ0) is 13.0. The standard InChI is InChI=1S/C14H22FN3/c1-18-8-3-6-14(11-16,7-9-18)17-13-5-2-4-12(15)10-13/h2,4-5,10,17H,3,6-9,11,16H2,1H3. The molecule has 100 valence electrons. The van der Waals surface area contributed by atoms with E-state index in [2.05, 4.69) is 17.3 Å². The van der Waals surface area contributed by atoms with Crippen LogP contribution in [0.3, 0.4) is 0 Å². The highest BCUT2D eigenvalue weighted by Crippen LogP contribution is 2.26. The molecule has 0 bridgehead atoms. The second-order valence-electron chi connectivity index (χ2n) is 5.28. The Labute approximate surface area is 108 Å². The van der Waals surface area contributed by atoms with Crippen molar-refractivity contribution in [2.75, 3.05) is 32.0 Å². The predicted octanol–water partition coefficient (Wildman–Crippen LogP) is 2.05. The van der Waals surface area contributed by atoms with Gasteiger partial charge in [-0.3, -0.25) is 0 Å². The number of benzene rings is 1. The van der Waals surface area contributed by atoms with Crippen LogP contribution >= 0.6 is 0 Å². The topological polar surface area (TPSA) is 41.3 Å². The maximum absolute atomic E-state index is 13.2. The first-order valence-corrected chi connectivity index (χ1v) is 6.56. The third-order valence-corrected chi connectivity index (χ3v) is 3.79. The Morgan fingerprint density at radius 3 is 2.94 bits per heavy atom. The summed E-state index contributed by atoms with van der Waals surface area (Å²) in [4.78, 5) is 2.32. The summed E-state index contributed by atoms with van der Waals surface area (Å²) in [6.07, 6.45) is 3.15. The van der Waals surface area contributed by atoms with Gasteiger partial charge in [-0.1, -0.05) is 6.07 Å². The highest BCUT2D eigenvalue weighted by molar-refractivity contribution is 5.46. The number of hydrogen-bond donors (Lipinski definition) is 2. The molecular formula is C14H22FN3. The van der Waals surface area contributed by atoms with E-state index in [4.69, 9.17) is 5.73 Å². The Hall–Kier alpha value is -1.13. The number of rotatable bonds is 3. The first kappa shape index (κ1) is 13.3. The summed E-state index contributed by atoms with van der Waals surface area (Å²) in [5.41, 5.74) is 6.69. The number of hydrogen-bond acceptors (Lipinski definition) is 3. The lowest BCUT2D eigenvalue weighted by atomic mass is 9.90. The summed E-state index contributed by atoms with van der Waals surface area (Å²) in [6.45, 7) is 2.71. The number of nitrogens with two attached hydrogens (primary N) is 1. The zero-order valence-electron chi connectivity index (χ0n) is 11.0. The molecule has 1 saturated heterocycles. The number of nitrogens with one attached hydrogen (secondary N) is 1. The lowest BCUT2D eigenvalue weighted by molar-refractivity contribution is 0.337. The van der Waals surface area contributed by atoms with Crippen molar-refractivity contribution in [3.05, 3.63) is 30.1 Å². The number of halogens is 1. The highest BCUT2D eigenvalue weighted by Gasteiger charge is 2.30. The molecule has 0 saturated carbocycles. The third-order valence-electron chi connectivity index (χ3n) is 3.79. The van der Waals surface area contributed by atoms with Gasteiger partial charge in [-0.05, 0) is 51.1 Å². The monoisotopic (exact) mass is 251 g/mol. The Morgan fingerprint density at radius 1 is 1.39 bits per heavy atom. The van der Waals surface area contributed by atoms with Gasteiger partial charge in [0.15, 0.2) is 0 Å². The minimum absolute atomic E-state index is 0.0987. The number of likely N-dealkylation sites (tertiary alicyclic amines) is 1. The minimum Gasteiger partial charge on any atom is -0.378 e. The first-order valence-electron chi connectivity index (χ1n) is 6.56. The molecule has 18 heavy (non-hydrogen) atoms. The summed E-state index contributed by atoms with van der Waals surface area (Å²) in [5.74, 6) is -0.210. The maximum Gasteiger partial charge on any atom is 0.125 e. The average Bonchev–Trinajstić information content (AvgIpc) is 2.53. The lowest BCUT2D eigenvalue weighted by Gasteiger charge is -2.33. The zero-order valence-corrected chi connectivity index (χ0v) is 11.0. The first-order chi connectivity index (χ1) is 8.63. The van der Waals surface area contributed by atoms with Crippen molar-refractivity contribution in [2.24, 2.45) is 5.73 Å². The van der Waals surface area contributed by atoms with Gasteiger partial charge in [-0.2, -0.15) is 0 Å². The molecule has 1 aromatic rings. The molecule has 1 fully saturated rings. The van der Waals surface area contributed by atoms with E-state index in [1.165, 1.54) is 12.1 Å². The van der Waals surface area contributed by atoms with Gasteiger partial charge < -0.3 is 16.0 Å². The molecule has 3 nitrogen and oxygen atoms in total. The van der Waals surface area contributed by atoms with E-state index in [9.17, 15) is 4.39 Å². The van der Waals surface area contributed by atoms with Crippen molar-refractivity contribution in [1.82, 2.24) is 4.90 Å². The van der Waals surface area contributed by atoms with Gasteiger partial charge >= 0.3 is 0 Å². The van der Waals surface area contributed by atoms with Gasteiger partial charge in [0.1, 0.15) is 5.82 Å². The van der Waals surface area contributed by atoms with E-state index in [0.29, 0.717) is 6.54 Å². The lowest BCUT2D eigenvalue weighted by Crippen LogP contribution is -2.46. The van der Waals surface area contributed by atoms with Crippen molar-refractivity contribution in [3.63, 3.8) is 0 Å². The van der Waals surface area contributed by atoms with E-state index in [1.54, 1.807) is 6.07 Å². The van der Waals surface area contributed by atoms with Crippen molar-refractivity contribution >= 4 is 5.69 Å². The molecule has 0 aromatic heterocycles. The van der Waals surface area contributed by atoms with Gasteiger partial charge in [-0.15, -0.1) is 0 Å². The molecule has 1 unspecified atom stereocenters. The van der Waals surface area contributed by atoms with E-state index < -0.39 is 0 Å². The van der Waals surface area contributed by atoms with Gasteiger partial charge in [0.25, 0.3) is 0 Å². The van der Waals surface area contributed by atoms with Crippen LogP contribution in [0.2, 0.25) is 0 Å². The fourth-order valence-corrected chi connectivity index (χ4v) is 2.58. The molecule has 3 N–H and O–H groups in total. The van der Waals surface area contributed by atoms with Crippen molar-refractivity contribution in [2.45, 2.75) is 24.8 Å². The fourth-order valence-electron chi connectivity index (χ4n) is 2.58. The van der Waals surface area contributed by atoms with Crippen LogP contribution in [-0.4, -0.2) is 37.1 Å². The van der Waals surface area contributed by atoms with E-state index in [0.717, 1.165) is 38.0 Å². The van der Waals surface area contributed by atoms with Gasteiger partial charge in [0.2, 0.25) is 0 Å². The Kier molecular flexibility index (Phi) is 4.19. The Bertz CT molecular complexity index is 396. The van der Waals surface area contributed by atoms with Crippen LogP contribution in [0.1, 0.15) is 19.3 Å². The van der Waals surface area contributed by atoms with Crippen LogP contribution < -0.4 is 11.1 Å². The third kappa shape index (κ3) is 3.21. The highest BCUT2D eigenvalue weighted by atomic mass is 19.1. The van der Waals surface area contributed by atoms with E-state index >= 15 is 0 Å². The molecule has 4 heteroatoms. The SMILES string of the molecule is CN1CCCC(CN)(Nc2cccc(F)c2)CC1. The summed E-state index contributed by atoms with van der Waals surface area (Å²) in [6, 6.07) is 6.62. The van der Waals surface area contributed by atoms with Gasteiger partial charge in [0.05, 0.1) is 5.54 Å². The van der Waals surface area contributed by atoms with Crippen molar-refractivity contribution < 1.29 is 4.39 Å². The predicted molar refractivity (Wildman–Crippen MR) is 73.2 cm³/mol. The smallest absolute Gasteiger partial charge is 0.125 e. The van der Waals surface area contributed by atoms with Crippen LogP contribution in [-0.2, 0) is 0 Å². The molecule has 0 amide bonds. The molecule has 1 aliphatic heterocycles. The van der Waals surface area contributed by atoms with Crippen LogP contribution in [0, 0.1) is 5.82 Å². The summed E-state index contributed by atoms with van der Waals surface area (Å²) < 4.78 is 13.2. The molecule has 1 atom stereocenters. The van der Waals surface area contributed by atoms with E-state index in [1.807, 2.05) is 6.07 Å². The molecule has 2 rings (SSSR count). The second-order valence-corrected chi connectivity index (χ2v) is 5.28. The summed E-state index contributed by atoms with van der Waals surface area (Å²) in [7, 11) is 2.13. The summed E-state index contributed by atoms with van der Waals surface area (Å²) >= 11 is 0. The molecular weight excluding hydrogens is 229 g/mol. The number of anilines is 1. The normalized spacial score (nSPS) is 25.7. The molecule has 0 aliphatic carbocycles. The van der Waals surface area contributed by atoms with Crippen molar-refractivity contribution in [1.29, 1.82) is 0 Å². The Balaban J connectivity index is 2.12. The molecule has 0 spiro atoms. The minimum atomic E-state index is -0.210. The fraction of sp³-hybridized carbons (Fsp3) is 0.571. The number of nitrogens with zero attached hydrogens (tertiary/aromatic N) is 1. The molecule has 0 radical (unpaired) electrons. The summed E-state index contributed by atoms with van der Waals surface area (Å²) in [5, 5.41) is 3.45. The van der Waals surface area contributed by atoms with Crippen molar-refractivity contribution in [3.8, 4) is 0 Å². The van der Waals surface area contributed by atoms with Crippen LogP contribution in [0.5, 0.6) is 0 Å². The molecule has 1 aliphatic rings. The quantitative estimate of drug-likeness (QED) is 0.864. The average molecular weight is 251 g/mol. The Morgan fingerprint density at radius 2 is 2.22 bits per heavy atom.